The molecule has 0 fully saturated rings. The maximum atomic E-state index is 4.56. The number of hydrogen-bond acceptors (Lipinski definition) is 3. The quantitative estimate of drug-likeness (QED) is 0.482. The van der Waals surface area contributed by atoms with E-state index in [1.807, 2.05) is 7.05 Å². The lowest BCUT2D eigenvalue weighted by Gasteiger charge is -2.11. The van der Waals surface area contributed by atoms with Crippen molar-refractivity contribution in [2.75, 3.05) is 20.1 Å². The van der Waals surface area contributed by atoms with Crippen LogP contribution >= 0.6 is 11.3 Å². The molecule has 0 atom stereocenters. The minimum atomic E-state index is 0.870. The van der Waals surface area contributed by atoms with Gasteiger partial charge in [-0.2, -0.15) is 0 Å². The van der Waals surface area contributed by atoms with Gasteiger partial charge in [0.2, 0.25) is 0 Å². The number of nitrogens with one attached hydrogen (secondary N) is 2. The van der Waals surface area contributed by atoms with E-state index in [9.17, 15) is 0 Å². The number of guanidine groups is 1. The number of aryl methyl sites for hydroxylation is 2. The molecule has 2 N–H and O–H groups in total. The van der Waals surface area contributed by atoms with Crippen LogP contribution in [0.4, 0.5) is 0 Å². The predicted molar refractivity (Wildman–Crippen MR) is 91.2 cm³/mol. The molecule has 0 aromatic carbocycles. The zero-order valence-electron chi connectivity index (χ0n) is 13.3. The van der Waals surface area contributed by atoms with Crippen LogP contribution in [-0.2, 0) is 6.42 Å². The Morgan fingerprint density at radius 1 is 1.29 bits per heavy atom. The van der Waals surface area contributed by atoms with E-state index in [1.165, 1.54) is 29.1 Å². The van der Waals surface area contributed by atoms with Gasteiger partial charge in [0.15, 0.2) is 5.96 Å². The van der Waals surface area contributed by atoms with Crippen molar-refractivity contribution in [3.63, 3.8) is 0 Å². The van der Waals surface area contributed by atoms with Gasteiger partial charge in [0, 0.05) is 31.4 Å². The highest BCUT2D eigenvalue weighted by atomic mass is 32.1. The molecule has 4 nitrogen and oxygen atoms in total. The second kappa shape index (κ2) is 8.17. The normalized spacial score (nSPS) is 15.2. The second-order valence-electron chi connectivity index (χ2n) is 5.43. The molecule has 1 aromatic rings. The molecule has 5 heteroatoms. The Balaban J connectivity index is 1.65. The molecule has 1 heterocycles. The molecule has 0 saturated carbocycles. The Kier molecular flexibility index (Phi) is 6.23. The first-order valence-corrected chi connectivity index (χ1v) is 8.56. The first-order valence-electron chi connectivity index (χ1n) is 7.74. The summed E-state index contributed by atoms with van der Waals surface area (Å²) in [5.74, 6) is 0.888. The molecule has 1 aliphatic carbocycles. The highest BCUT2D eigenvalue weighted by molar-refractivity contribution is 7.11. The summed E-state index contributed by atoms with van der Waals surface area (Å²) < 4.78 is 0. The highest BCUT2D eigenvalue weighted by Crippen LogP contribution is 2.19. The molecule has 0 spiro atoms. The number of allylic oxidation sites excluding steroid dienone is 1. The summed E-state index contributed by atoms with van der Waals surface area (Å²) in [7, 11) is 1.82. The third-order valence-corrected chi connectivity index (χ3v) is 4.93. The van der Waals surface area contributed by atoms with Gasteiger partial charge in [-0.05, 0) is 39.5 Å². The largest absolute Gasteiger partial charge is 0.356 e. The van der Waals surface area contributed by atoms with Crippen LogP contribution in [0.5, 0.6) is 0 Å². The molecule has 0 amide bonds. The fourth-order valence-electron chi connectivity index (χ4n) is 2.46. The van der Waals surface area contributed by atoms with Crippen molar-refractivity contribution < 1.29 is 0 Å². The summed E-state index contributed by atoms with van der Waals surface area (Å²) in [5, 5.41) is 7.94. The maximum Gasteiger partial charge on any atom is 0.191 e. The van der Waals surface area contributed by atoms with Crippen LogP contribution < -0.4 is 10.6 Å². The third-order valence-electron chi connectivity index (χ3n) is 3.80. The van der Waals surface area contributed by atoms with Crippen LogP contribution in [0.25, 0.3) is 0 Å². The average Bonchev–Trinajstić information content (AvgIpc) is 3.08. The Labute approximate surface area is 131 Å². The Hall–Kier alpha value is -1.36. The van der Waals surface area contributed by atoms with Gasteiger partial charge in [0.05, 0.1) is 10.7 Å². The van der Waals surface area contributed by atoms with Crippen molar-refractivity contribution in [1.29, 1.82) is 0 Å². The van der Waals surface area contributed by atoms with E-state index >= 15 is 0 Å². The third kappa shape index (κ3) is 5.16. The van der Waals surface area contributed by atoms with Gasteiger partial charge in [-0.3, -0.25) is 4.99 Å². The first-order chi connectivity index (χ1) is 10.2. The standard InChI is InChI=1S/C16H26N4S/c1-12-13(2)21-15(20-12)9-11-19-16(17-3)18-10-8-14-6-4-5-7-14/h6H,4-5,7-11H2,1-3H3,(H2,17,18,19). The molecule has 116 valence electrons. The summed E-state index contributed by atoms with van der Waals surface area (Å²) in [5.41, 5.74) is 2.74. The molecule has 21 heavy (non-hydrogen) atoms. The predicted octanol–water partition coefficient (Wildman–Crippen LogP) is 2.97. The van der Waals surface area contributed by atoms with Crippen LogP contribution in [0.3, 0.4) is 0 Å². The fraction of sp³-hybridized carbons (Fsp3) is 0.625. The summed E-state index contributed by atoms with van der Waals surface area (Å²) in [6, 6.07) is 0. The van der Waals surface area contributed by atoms with Gasteiger partial charge in [-0.25, -0.2) is 4.98 Å². The van der Waals surface area contributed by atoms with E-state index in [0.29, 0.717) is 0 Å². The van der Waals surface area contributed by atoms with Gasteiger partial charge in [0.25, 0.3) is 0 Å². The van der Waals surface area contributed by atoms with E-state index in [-0.39, 0.29) is 0 Å². The minimum Gasteiger partial charge on any atom is -0.356 e. The molecule has 0 saturated heterocycles. The van der Waals surface area contributed by atoms with Crippen molar-refractivity contribution in [3.8, 4) is 0 Å². The molecular weight excluding hydrogens is 280 g/mol. The van der Waals surface area contributed by atoms with Crippen LogP contribution in [0.1, 0.15) is 41.3 Å². The molecule has 1 aliphatic rings. The zero-order chi connectivity index (χ0) is 15.1. The van der Waals surface area contributed by atoms with Crippen molar-refractivity contribution in [2.45, 2.75) is 46.0 Å². The Morgan fingerprint density at radius 2 is 2.05 bits per heavy atom. The number of nitrogens with zero attached hydrogens (tertiary/aromatic N) is 2. The lowest BCUT2D eigenvalue weighted by molar-refractivity contribution is 0.765. The summed E-state index contributed by atoms with van der Waals surface area (Å²) in [6.07, 6.45) is 8.32. The fourth-order valence-corrected chi connectivity index (χ4v) is 3.39. The lowest BCUT2D eigenvalue weighted by atomic mass is 10.2. The molecule has 0 bridgehead atoms. The van der Waals surface area contributed by atoms with Crippen molar-refractivity contribution in [1.82, 2.24) is 15.6 Å². The number of aliphatic imine (C=N–C) groups is 1. The number of hydrogen-bond donors (Lipinski definition) is 2. The van der Waals surface area contributed by atoms with E-state index in [4.69, 9.17) is 0 Å². The summed E-state index contributed by atoms with van der Waals surface area (Å²) in [4.78, 5) is 10.1. The zero-order valence-corrected chi connectivity index (χ0v) is 14.1. The molecule has 0 radical (unpaired) electrons. The second-order valence-corrected chi connectivity index (χ2v) is 6.72. The van der Waals surface area contributed by atoms with Gasteiger partial charge in [0.1, 0.15) is 0 Å². The van der Waals surface area contributed by atoms with Crippen molar-refractivity contribution >= 4 is 17.3 Å². The maximum absolute atomic E-state index is 4.56. The van der Waals surface area contributed by atoms with E-state index in [2.05, 4.69) is 40.5 Å². The Morgan fingerprint density at radius 3 is 2.62 bits per heavy atom. The van der Waals surface area contributed by atoms with E-state index in [0.717, 1.165) is 37.6 Å². The van der Waals surface area contributed by atoms with E-state index in [1.54, 1.807) is 16.9 Å². The van der Waals surface area contributed by atoms with Gasteiger partial charge in [-0.15, -0.1) is 11.3 Å². The monoisotopic (exact) mass is 306 g/mol. The molecule has 0 unspecified atom stereocenters. The Bertz CT molecular complexity index is 497. The summed E-state index contributed by atoms with van der Waals surface area (Å²) >= 11 is 1.79. The van der Waals surface area contributed by atoms with E-state index < -0.39 is 0 Å². The number of thiazole rings is 1. The summed E-state index contributed by atoms with van der Waals surface area (Å²) in [6.45, 7) is 6.03. The minimum absolute atomic E-state index is 0.870. The van der Waals surface area contributed by atoms with Crippen LogP contribution in [0.15, 0.2) is 16.6 Å². The SMILES string of the molecule is CN=C(NCCC1=CCCC1)NCCc1nc(C)c(C)s1. The highest BCUT2D eigenvalue weighted by Gasteiger charge is 2.06. The van der Waals surface area contributed by atoms with Crippen molar-refractivity contribution in [3.05, 3.63) is 27.2 Å². The molecular formula is C16H26N4S. The van der Waals surface area contributed by atoms with Crippen LogP contribution in [0, 0.1) is 13.8 Å². The molecule has 2 rings (SSSR count). The molecule has 0 aliphatic heterocycles. The lowest BCUT2D eigenvalue weighted by Crippen LogP contribution is -2.38. The number of rotatable bonds is 6. The first kappa shape index (κ1) is 16.0. The van der Waals surface area contributed by atoms with Crippen molar-refractivity contribution in [2.24, 2.45) is 4.99 Å². The van der Waals surface area contributed by atoms with Crippen LogP contribution in [-0.4, -0.2) is 31.1 Å². The van der Waals surface area contributed by atoms with Gasteiger partial charge < -0.3 is 10.6 Å². The smallest absolute Gasteiger partial charge is 0.191 e. The van der Waals surface area contributed by atoms with Gasteiger partial charge >= 0.3 is 0 Å². The number of aromatic nitrogens is 1. The topological polar surface area (TPSA) is 49.3 Å². The molecule has 1 aromatic heterocycles. The average molecular weight is 306 g/mol. The van der Waals surface area contributed by atoms with Crippen LogP contribution in [0.2, 0.25) is 0 Å². The van der Waals surface area contributed by atoms with Gasteiger partial charge in [-0.1, -0.05) is 11.6 Å².